The zero-order chi connectivity index (χ0) is 20.6. The molecule has 1 aliphatic carbocycles. The quantitative estimate of drug-likeness (QED) is 0.627. The Morgan fingerprint density at radius 2 is 1.79 bits per heavy atom. The summed E-state index contributed by atoms with van der Waals surface area (Å²) in [5.41, 5.74) is 1.93. The third-order valence-electron chi connectivity index (χ3n) is 6.03. The number of nitrogens with zero attached hydrogens (tertiary/aromatic N) is 3. The number of likely N-dealkylation sites (N-methyl/N-ethyl adjacent to an activating group) is 1. The molecule has 5 nitrogen and oxygen atoms in total. The van der Waals surface area contributed by atoms with E-state index in [1.54, 1.807) is 6.08 Å². The topological polar surface area (TPSA) is 43.9 Å². The Kier molecular flexibility index (Phi) is 7.87. The van der Waals surface area contributed by atoms with Crippen LogP contribution in [0.2, 0.25) is 0 Å². The first-order valence-electron chi connectivity index (χ1n) is 11.0. The lowest BCUT2D eigenvalue weighted by Gasteiger charge is -2.30. The summed E-state index contributed by atoms with van der Waals surface area (Å²) in [6.07, 6.45) is 11.6. The summed E-state index contributed by atoms with van der Waals surface area (Å²) < 4.78 is 0. The molecule has 29 heavy (non-hydrogen) atoms. The second-order valence-corrected chi connectivity index (χ2v) is 8.67. The van der Waals surface area contributed by atoms with Crippen molar-refractivity contribution in [1.29, 1.82) is 0 Å². The summed E-state index contributed by atoms with van der Waals surface area (Å²) in [5, 5.41) is 0. The summed E-state index contributed by atoms with van der Waals surface area (Å²) >= 11 is 0. The maximum absolute atomic E-state index is 12.9. The van der Waals surface area contributed by atoms with Gasteiger partial charge in [0.15, 0.2) is 0 Å². The van der Waals surface area contributed by atoms with Crippen LogP contribution in [0.3, 0.4) is 0 Å². The molecule has 2 aliphatic rings. The maximum Gasteiger partial charge on any atom is 0.246 e. The van der Waals surface area contributed by atoms with E-state index in [-0.39, 0.29) is 11.8 Å². The number of carbonyl (C=O) groups is 2. The van der Waals surface area contributed by atoms with Crippen molar-refractivity contribution in [3.63, 3.8) is 0 Å². The van der Waals surface area contributed by atoms with E-state index in [0.717, 1.165) is 43.9 Å². The van der Waals surface area contributed by atoms with E-state index in [9.17, 15) is 9.59 Å². The van der Waals surface area contributed by atoms with Gasteiger partial charge in [-0.2, -0.15) is 0 Å². The molecule has 1 heterocycles. The second kappa shape index (κ2) is 10.6. The molecular weight excluding hydrogens is 362 g/mol. The van der Waals surface area contributed by atoms with Crippen LogP contribution in [0.5, 0.6) is 0 Å². The lowest BCUT2D eigenvalue weighted by atomic mass is 9.89. The molecule has 1 aromatic rings. The SMILES string of the molecule is CN(C)CCN(CC1CCCCC1)C(=O)C=Cc1ccc(N2CCCC2=O)cc1. The normalized spacial score (nSPS) is 18.2. The van der Waals surface area contributed by atoms with Crippen molar-refractivity contribution in [1.82, 2.24) is 9.80 Å². The Labute approximate surface area is 175 Å². The van der Waals surface area contributed by atoms with Gasteiger partial charge in [0.05, 0.1) is 0 Å². The van der Waals surface area contributed by atoms with Crippen LogP contribution in [0, 0.1) is 5.92 Å². The molecule has 0 spiro atoms. The predicted molar refractivity (Wildman–Crippen MR) is 119 cm³/mol. The van der Waals surface area contributed by atoms with Crippen molar-refractivity contribution in [3.8, 4) is 0 Å². The number of hydrogen-bond donors (Lipinski definition) is 0. The van der Waals surface area contributed by atoms with E-state index in [1.165, 1.54) is 32.1 Å². The summed E-state index contributed by atoms with van der Waals surface area (Å²) in [7, 11) is 4.09. The first kappa shape index (κ1) is 21.6. The van der Waals surface area contributed by atoms with Gasteiger partial charge in [-0.15, -0.1) is 0 Å². The van der Waals surface area contributed by atoms with Crippen LogP contribution in [0.1, 0.15) is 50.5 Å². The number of carbonyl (C=O) groups excluding carboxylic acids is 2. The minimum absolute atomic E-state index is 0.0937. The number of hydrogen-bond acceptors (Lipinski definition) is 3. The van der Waals surface area contributed by atoms with E-state index >= 15 is 0 Å². The molecule has 0 N–H and O–H groups in total. The third kappa shape index (κ3) is 6.43. The molecule has 1 aliphatic heterocycles. The molecule has 0 bridgehead atoms. The van der Waals surface area contributed by atoms with Crippen LogP contribution >= 0.6 is 0 Å². The third-order valence-corrected chi connectivity index (χ3v) is 6.03. The van der Waals surface area contributed by atoms with Gasteiger partial charge in [0.25, 0.3) is 0 Å². The number of amides is 2. The van der Waals surface area contributed by atoms with Gasteiger partial charge < -0.3 is 14.7 Å². The Hall–Kier alpha value is -2.14. The standard InChI is InChI=1S/C24H35N3O2/c1-25(2)17-18-26(19-21-7-4-3-5-8-21)23(28)15-12-20-10-13-22(14-11-20)27-16-6-9-24(27)29/h10-15,21H,3-9,16-19H2,1-2H3. The van der Waals surface area contributed by atoms with E-state index in [2.05, 4.69) is 4.90 Å². The molecule has 158 valence electrons. The molecule has 2 amide bonds. The Bertz CT molecular complexity index is 705. The molecule has 5 heteroatoms. The summed E-state index contributed by atoms with van der Waals surface area (Å²) in [6, 6.07) is 7.91. The van der Waals surface area contributed by atoms with Gasteiger partial charge >= 0.3 is 0 Å². The molecule has 0 atom stereocenters. The fourth-order valence-electron chi connectivity index (χ4n) is 4.25. The first-order chi connectivity index (χ1) is 14.0. The van der Waals surface area contributed by atoms with Crippen LogP contribution in [0.4, 0.5) is 5.69 Å². The molecule has 2 fully saturated rings. The van der Waals surface area contributed by atoms with Gasteiger partial charge in [-0.05, 0) is 63.0 Å². The number of benzene rings is 1. The lowest BCUT2D eigenvalue weighted by molar-refractivity contribution is -0.127. The zero-order valence-corrected chi connectivity index (χ0v) is 18.0. The summed E-state index contributed by atoms with van der Waals surface area (Å²) in [4.78, 5) is 30.8. The van der Waals surface area contributed by atoms with Gasteiger partial charge in [-0.1, -0.05) is 31.4 Å². The molecule has 1 saturated heterocycles. The van der Waals surface area contributed by atoms with Crippen molar-refractivity contribution in [3.05, 3.63) is 35.9 Å². The van der Waals surface area contributed by atoms with Crippen LogP contribution < -0.4 is 4.90 Å². The average molecular weight is 398 g/mol. The smallest absolute Gasteiger partial charge is 0.246 e. The van der Waals surface area contributed by atoms with E-state index in [4.69, 9.17) is 0 Å². The molecule has 0 unspecified atom stereocenters. The van der Waals surface area contributed by atoms with Crippen molar-refractivity contribution in [2.45, 2.75) is 44.9 Å². The van der Waals surface area contributed by atoms with E-state index in [0.29, 0.717) is 12.3 Å². The zero-order valence-electron chi connectivity index (χ0n) is 18.0. The number of rotatable bonds is 8. The van der Waals surface area contributed by atoms with Crippen molar-refractivity contribution in [2.24, 2.45) is 5.92 Å². The minimum Gasteiger partial charge on any atom is -0.338 e. The van der Waals surface area contributed by atoms with Crippen molar-refractivity contribution < 1.29 is 9.59 Å². The molecule has 1 aromatic carbocycles. The predicted octanol–water partition coefficient (Wildman–Crippen LogP) is 3.80. The van der Waals surface area contributed by atoms with Gasteiger partial charge in [-0.3, -0.25) is 9.59 Å². The molecule has 0 radical (unpaired) electrons. The second-order valence-electron chi connectivity index (χ2n) is 8.67. The van der Waals surface area contributed by atoms with Gasteiger partial charge in [0.2, 0.25) is 11.8 Å². The Balaban J connectivity index is 1.60. The van der Waals surface area contributed by atoms with Crippen LogP contribution in [0.15, 0.2) is 30.3 Å². The largest absolute Gasteiger partial charge is 0.338 e. The summed E-state index contributed by atoms with van der Waals surface area (Å²) in [6.45, 7) is 3.31. The average Bonchev–Trinajstić information content (AvgIpc) is 3.16. The van der Waals surface area contributed by atoms with Crippen LogP contribution in [0.25, 0.3) is 6.08 Å². The summed E-state index contributed by atoms with van der Waals surface area (Å²) in [5.74, 6) is 0.930. The molecule has 1 saturated carbocycles. The highest BCUT2D eigenvalue weighted by atomic mass is 16.2. The van der Waals surface area contributed by atoms with Gasteiger partial charge in [0.1, 0.15) is 0 Å². The molecular formula is C24H35N3O2. The number of anilines is 1. The van der Waals surface area contributed by atoms with Crippen molar-refractivity contribution in [2.75, 3.05) is 45.2 Å². The van der Waals surface area contributed by atoms with Gasteiger partial charge in [-0.25, -0.2) is 0 Å². The highest BCUT2D eigenvalue weighted by Crippen LogP contribution is 2.25. The highest BCUT2D eigenvalue weighted by Gasteiger charge is 2.21. The lowest BCUT2D eigenvalue weighted by Crippen LogP contribution is -2.39. The minimum atomic E-state index is 0.0937. The monoisotopic (exact) mass is 397 g/mol. The Morgan fingerprint density at radius 1 is 1.07 bits per heavy atom. The fourth-order valence-corrected chi connectivity index (χ4v) is 4.25. The van der Waals surface area contributed by atoms with Gasteiger partial charge in [0, 0.05) is 44.4 Å². The Morgan fingerprint density at radius 3 is 2.41 bits per heavy atom. The molecule has 3 rings (SSSR count). The maximum atomic E-state index is 12.9. The van der Waals surface area contributed by atoms with Crippen LogP contribution in [-0.2, 0) is 9.59 Å². The van der Waals surface area contributed by atoms with E-state index in [1.807, 2.05) is 54.2 Å². The first-order valence-corrected chi connectivity index (χ1v) is 11.0. The highest BCUT2D eigenvalue weighted by molar-refractivity contribution is 5.95. The fraction of sp³-hybridized carbons (Fsp3) is 0.583. The van der Waals surface area contributed by atoms with Crippen LogP contribution in [-0.4, -0.2) is 61.9 Å². The van der Waals surface area contributed by atoms with E-state index < -0.39 is 0 Å². The molecule has 0 aromatic heterocycles. The van der Waals surface area contributed by atoms with Crippen molar-refractivity contribution >= 4 is 23.6 Å².